The van der Waals surface area contributed by atoms with E-state index >= 15 is 0 Å². The van der Waals surface area contributed by atoms with Gasteiger partial charge in [-0.3, -0.25) is 4.79 Å². The molecule has 1 aliphatic heterocycles. The van der Waals surface area contributed by atoms with Crippen molar-refractivity contribution in [3.05, 3.63) is 23.8 Å². The zero-order valence-electron chi connectivity index (χ0n) is 11.2. The fourth-order valence-electron chi connectivity index (χ4n) is 2.44. The van der Waals surface area contributed by atoms with E-state index in [0.29, 0.717) is 37.4 Å². The molecule has 0 unspecified atom stereocenters. The number of carbonyl (C=O) groups excluding carboxylic acids is 1. The fourth-order valence-corrected chi connectivity index (χ4v) is 2.44. The van der Waals surface area contributed by atoms with Crippen LogP contribution in [0.15, 0.2) is 18.2 Å². The van der Waals surface area contributed by atoms with Gasteiger partial charge in [0.15, 0.2) is 5.75 Å². The third kappa shape index (κ3) is 3.06. The maximum atomic E-state index is 12.7. The lowest BCUT2D eigenvalue weighted by Crippen LogP contribution is -2.40. The molecule has 1 aromatic carbocycles. The van der Waals surface area contributed by atoms with Crippen LogP contribution in [0.3, 0.4) is 0 Å². The Hall–Kier alpha value is -1.92. The van der Waals surface area contributed by atoms with Gasteiger partial charge in [0.05, 0.1) is 11.3 Å². The summed E-state index contributed by atoms with van der Waals surface area (Å²) in [4.78, 5) is 13.4. The Kier molecular flexibility index (Phi) is 3.43. The summed E-state index contributed by atoms with van der Waals surface area (Å²) in [7, 11) is 0. The minimum absolute atomic E-state index is 0.191. The highest BCUT2D eigenvalue weighted by atomic mass is 19.4. The summed E-state index contributed by atoms with van der Waals surface area (Å²) < 4.78 is 43.5. The Morgan fingerprint density at radius 2 is 2.14 bits per heavy atom. The van der Waals surface area contributed by atoms with Gasteiger partial charge in [-0.2, -0.15) is 13.2 Å². The van der Waals surface area contributed by atoms with Crippen molar-refractivity contribution in [3.8, 4) is 5.75 Å². The molecule has 0 radical (unpaired) electrons. The summed E-state index contributed by atoms with van der Waals surface area (Å²) in [5.41, 5.74) is 0.839. The molecule has 0 saturated heterocycles. The van der Waals surface area contributed by atoms with Crippen LogP contribution in [-0.4, -0.2) is 42.7 Å². The van der Waals surface area contributed by atoms with Crippen molar-refractivity contribution in [2.75, 3.05) is 25.0 Å². The highest BCUT2D eigenvalue weighted by molar-refractivity contribution is 5.99. The van der Waals surface area contributed by atoms with Gasteiger partial charge in [-0.25, -0.2) is 0 Å². The number of fused-ring (bicyclic) bond motifs is 1. The number of benzene rings is 1. The zero-order chi connectivity index (χ0) is 15.0. The standard InChI is InChI=1S/C14H15F3N2O2/c15-14(16,17)8-19(9-4-5-9)13(20)10-2-1-3-11-12(10)21-7-6-18-11/h1-3,9,18H,4-8H2. The van der Waals surface area contributed by atoms with Crippen LogP contribution in [-0.2, 0) is 0 Å². The summed E-state index contributed by atoms with van der Waals surface area (Å²) in [6.07, 6.45) is -3.15. The molecule has 1 fully saturated rings. The number of ether oxygens (including phenoxy) is 1. The molecular weight excluding hydrogens is 285 g/mol. The van der Waals surface area contributed by atoms with E-state index in [1.54, 1.807) is 12.1 Å². The molecule has 4 nitrogen and oxygen atoms in total. The maximum absolute atomic E-state index is 12.7. The average Bonchev–Trinajstić information content (AvgIpc) is 3.27. The van der Waals surface area contributed by atoms with Gasteiger partial charge in [0.25, 0.3) is 5.91 Å². The normalized spacial score (nSPS) is 17.5. The van der Waals surface area contributed by atoms with E-state index < -0.39 is 18.6 Å². The number of alkyl halides is 3. The first-order valence-corrected chi connectivity index (χ1v) is 6.83. The number of anilines is 1. The van der Waals surface area contributed by atoms with Gasteiger partial charge in [0.2, 0.25) is 0 Å². The van der Waals surface area contributed by atoms with Gasteiger partial charge in [-0.15, -0.1) is 0 Å². The predicted molar refractivity (Wildman–Crippen MR) is 70.5 cm³/mol. The van der Waals surface area contributed by atoms with Crippen molar-refractivity contribution in [2.45, 2.75) is 25.1 Å². The van der Waals surface area contributed by atoms with Crippen LogP contribution in [0.1, 0.15) is 23.2 Å². The predicted octanol–water partition coefficient (Wildman–Crippen LogP) is 2.66. The van der Waals surface area contributed by atoms with Crippen LogP contribution >= 0.6 is 0 Å². The molecule has 0 spiro atoms. The van der Waals surface area contributed by atoms with E-state index in [1.165, 1.54) is 6.07 Å². The number of nitrogens with one attached hydrogen (secondary N) is 1. The molecule has 2 aliphatic rings. The Balaban J connectivity index is 1.89. The Bertz CT molecular complexity index is 556. The van der Waals surface area contributed by atoms with Crippen LogP contribution in [0, 0.1) is 0 Å². The van der Waals surface area contributed by atoms with E-state index in [2.05, 4.69) is 5.32 Å². The molecule has 1 amide bonds. The van der Waals surface area contributed by atoms with E-state index in [9.17, 15) is 18.0 Å². The molecule has 0 atom stereocenters. The summed E-state index contributed by atoms with van der Waals surface area (Å²) in [6, 6.07) is 4.59. The van der Waals surface area contributed by atoms with Crippen LogP contribution in [0.5, 0.6) is 5.75 Å². The second-order valence-electron chi connectivity index (χ2n) is 5.24. The van der Waals surface area contributed by atoms with E-state index in [0.717, 1.165) is 4.90 Å². The number of hydrogen-bond acceptors (Lipinski definition) is 3. The number of para-hydroxylation sites is 1. The molecule has 0 bridgehead atoms. The topological polar surface area (TPSA) is 41.6 Å². The van der Waals surface area contributed by atoms with Gasteiger partial charge < -0.3 is 15.0 Å². The molecule has 0 aromatic heterocycles. The first-order valence-electron chi connectivity index (χ1n) is 6.83. The summed E-state index contributed by atoms with van der Waals surface area (Å²) in [6.45, 7) is -0.215. The SMILES string of the molecule is O=C(c1cccc2c1OCCN2)N(CC(F)(F)F)C1CC1. The molecule has 1 N–H and O–H groups in total. The summed E-state index contributed by atoms with van der Waals surface area (Å²) >= 11 is 0. The Morgan fingerprint density at radius 1 is 1.38 bits per heavy atom. The number of amides is 1. The quantitative estimate of drug-likeness (QED) is 0.933. The lowest BCUT2D eigenvalue weighted by Gasteiger charge is -2.27. The monoisotopic (exact) mass is 300 g/mol. The summed E-state index contributed by atoms with van der Waals surface area (Å²) in [5.74, 6) is -0.267. The van der Waals surface area contributed by atoms with Crippen molar-refractivity contribution in [2.24, 2.45) is 0 Å². The molecular formula is C14H15F3N2O2. The number of hydrogen-bond donors (Lipinski definition) is 1. The number of nitrogens with zero attached hydrogens (tertiary/aromatic N) is 1. The minimum Gasteiger partial charge on any atom is -0.489 e. The van der Waals surface area contributed by atoms with Crippen LogP contribution < -0.4 is 10.1 Å². The number of carbonyl (C=O) groups is 1. The molecule has 1 aliphatic carbocycles. The van der Waals surface area contributed by atoms with Gasteiger partial charge in [-0.1, -0.05) is 6.07 Å². The molecule has 1 aromatic rings. The molecule has 1 heterocycles. The molecule has 3 rings (SSSR count). The van der Waals surface area contributed by atoms with Gasteiger partial charge in [0, 0.05) is 12.6 Å². The van der Waals surface area contributed by atoms with Crippen molar-refractivity contribution in [3.63, 3.8) is 0 Å². The highest BCUT2D eigenvalue weighted by Gasteiger charge is 2.41. The molecule has 114 valence electrons. The van der Waals surface area contributed by atoms with Crippen LogP contribution in [0.4, 0.5) is 18.9 Å². The number of halogens is 3. The van der Waals surface area contributed by atoms with Crippen molar-refractivity contribution in [1.82, 2.24) is 4.90 Å². The van der Waals surface area contributed by atoms with Gasteiger partial charge in [0.1, 0.15) is 13.2 Å². The maximum Gasteiger partial charge on any atom is 0.406 e. The third-order valence-corrected chi connectivity index (χ3v) is 3.51. The Labute approximate surface area is 119 Å². The van der Waals surface area contributed by atoms with Gasteiger partial charge in [-0.05, 0) is 25.0 Å². The van der Waals surface area contributed by atoms with Crippen molar-refractivity contribution < 1.29 is 22.7 Å². The molecule has 7 heteroatoms. The molecule has 1 saturated carbocycles. The van der Waals surface area contributed by atoms with Crippen molar-refractivity contribution >= 4 is 11.6 Å². The Morgan fingerprint density at radius 3 is 2.81 bits per heavy atom. The highest BCUT2D eigenvalue weighted by Crippen LogP contribution is 2.36. The number of rotatable bonds is 3. The zero-order valence-corrected chi connectivity index (χ0v) is 11.2. The van der Waals surface area contributed by atoms with E-state index in [1.807, 2.05) is 0 Å². The molecule has 21 heavy (non-hydrogen) atoms. The largest absolute Gasteiger partial charge is 0.489 e. The summed E-state index contributed by atoms with van der Waals surface area (Å²) in [5, 5.41) is 3.07. The van der Waals surface area contributed by atoms with Gasteiger partial charge >= 0.3 is 6.18 Å². The fraction of sp³-hybridized carbons (Fsp3) is 0.500. The minimum atomic E-state index is -4.40. The first kappa shape index (κ1) is 14.0. The lowest BCUT2D eigenvalue weighted by atomic mass is 10.1. The van der Waals surface area contributed by atoms with Crippen LogP contribution in [0.25, 0.3) is 0 Å². The third-order valence-electron chi connectivity index (χ3n) is 3.51. The second kappa shape index (κ2) is 5.13. The van der Waals surface area contributed by atoms with E-state index in [4.69, 9.17) is 4.74 Å². The second-order valence-corrected chi connectivity index (χ2v) is 5.24. The van der Waals surface area contributed by atoms with E-state index in [-0.39, 0.29) is 11.6 Å². The lowest BCUT2D eigenvalue weighted by molar-refractivity contribution is -0.141. The average molecular weight is 300 g/mol. The first-order chi connectivity index (χ1) is 9.96. The van der Waals surface area contributed by atoms with Crippen LogP contribution in [0.2, 0.25) is 0 Å². The van der Waals surface area contributed by atoms with Crippen molar-refractivity contribution in [1.29, 1.82) is 0 Å². The smallest absolute Gasteiger partial charge is 0.406 e.